The molecule has 0 amide bonds. The van der Waals surface area contributed by atoms with Gasteiger partial charge in [0.15, 0.2) is 5.11 Å². The van der Waals surface area contributed by atoms with Crippen LogP contribution in [0.15, 0.2) is 41.3 Å². The first-order valence-corrected chi connectivity index (χ1v) is 11.0. The van der Waals surface area contributed by atoms with Crippen molar-refractivity contribution in [1.82, 2.24) is 4.31 Å². The Balaban J connectivity index is 1.79. The van der Waals surface area contributed by atoms with Crippen molar-refractivity contribution in [3.8, 4) is 0 Å². The summed E-state index contributed by atoms with van der Waals surface area (Å²) in [7, 11) is -3.56. The molecule has 2 aromatic rings. The molecular weight excluding hydrogens is 394 g/mol. The highest BCUT2D eigenvalue weighted by molar-refractivity contribution is 7.89. The molecule has 2 aromatic carbocycles. The van der Waals surface area contributed by atoms with Crippen LogP contribution < -0.4 is 10.6 Å². The van der Waals surface area contributed by atoms with E-state index in [2.05, 4.69) is 10.6 Å². The van der Waals surface area contributed by atoms with Crippen molar-refractivity contribution < 1.29 is 13.2 Å². The maximum absolute atomic E-state index is 12.9. The topological polar surface area (TPSA) is 70.7 Å². The van der Waals surface area contributed by atoms with Gasteiger partial charge in [-0.05, 0) is 67.9 Å². The van der Waals surface area contributed by atoms with Crippen molar-refractivity contribution in [2.24, 2.45) is 0 Å². The van der Waals surface area contributed by atoms with Crippen LogP contribution in [-0.4, -0.2) is 44.1 Å². The lowest BCUT2D eigenvalue weighted by atomic mass is 10.1. The summed E-state index contributed by atoms with van der Waals surface area (Å²) in [5.74, 6) is 0. The van der Waals surface area contributed by atoms with Gasteiger partial charge in [0.2, 0.25) is 10.0 Å². The molecule has 0 aliphatic carbocycles. The smallest absolute Gasteiger partial charge is 0.243 e. The Morgan fingerprint density at radius 1 is 1.00 bits per heavy atom. The van der Waals surface area contributed by atoms with E-state index in [4.69, 9.17) is 17.0 Å². The van der Waals surface area contributed by atoms with E-state index in [1.807, 2.05) is 39.0 Å². The van der Waals surface area contributed by atoms with Gasteiger partial charge in [0, 0.05) is 24.5 Å². The Morgan fingerprint density at radius 3 is 2.39 bits per heavy atom. The number of rotatable bonds is 4. The molecule has 2 N–H and O–H groups in total. The second-order valence-electron chi connectivity index (χ2n) is 6.82. The van der Waals surface area contributed by atoms with E-state index in [-0.39, 0.29) is 4.90 Å². The number of hydrogen-bond donors (Lipinski definition) is 2. The molecule has 28 heavy (non-hydrogen) atoms. The fourth-order valence-electron chi connectivity index (χ4n) is 2.99. The van der Waals surface area contributed by atoms with Crippen molar-refractivity contribution >= 4 is 38.7 Å². The zero-order valence-corrected chi connectivity index (χ0v) is 17.9. The standard InChI is InChI=1S/C20H25N3O3S2/c1-14-5-4-6-18(16(14)3)21-20(27)22-19-13-17(8-7-15(19)2)28(24,25)23-9-11-26-12-10-23/h4-8,13H,9-12H2,1-3H3,(H2,21,22,27). The van der Waals surface area contributed by atoms with Crippen LogP contribution in [0.1, 0.15) is 16.7 Å². The molecule has 3 rings (SSSR count). The Labute approximate surface area is 171 Å². The average Bonchev–Trinajstić information content (AvgIpc) is 2.68. The first-order valence-electron chi connectivity index (χ1n) is 9.12. The van der Waals surface area contributed by atoms with Crippen LogP contribution in [0, 0.1) is 20.8 Å². The van der Waals surface area contributed by atoms with Crippen LogP contribution >= 0.6 is 12.2 Å². The number of nitrogens with zero attached hydrogens (tertiary/aromatic N) is 1. The minimum atomic E-state index is -3.56. The molecule has 0 spiro atoms. The molecular formula is C20H25N3O3S2. The molecule has 150 valence electrons. The summed E-state index contributed by atoms with van der Waals surface area (Å²) in [5.41, 5.74) is 4.78. The zero-order valence-electron chi connectivity index (χ0n) is 16.3. The number of nitrogens with one attached hydrogen (secondary N) is 2. The third-order valence-corrected chi connectivity index (χ3v) is 7.02. The maximum Gasteiger partial charge on any atom is 0.243 e. The van der Waals surface area contributed by atoms with Gasteiger partial charge in [-0.2, -0.15) is 4.31 Å². The van der Waals surface area contributed by atoms with Crippen LogP contribution in [0.3, 0.4) is 0 Å². The second kappa shape index (κ2) is 8.57. The maximum atomic E-state index is 12.9. The highest BCUT2D eigenvalue weighted by Crippen LogP contribution is 2.24. The molecule has 6 nitrogen and oxygen atoms in total. The van der Waals surface area contributed by atoms with Gasteiger partial charge >= 0.3 is 0 Å². The van der Waals surface area contributed by atoms with Gasteiger partial charge in [-0.15, -0.1) is 0 Å². The number of anilines is 2. The molecule has 0 atom stereocenters. The number of sulfonamides is 1. The van der Waals surface area contributed by atoms with E-state index >= 15 is 0 Å². The first kappa shape index (κ1) is 20.7. The number of benzene rings is 2. The van der Waals surface area contributed by atoms with Gasteiger partial charge in [-0.3, -0.25) is 0 Å². The van der Waals surface area contributed by atoms with Gasteiger partial charge in [0.05, 0.1) is 18.1 Å². The fourth-order valence-corrected chi connectivity index (χ4v) is 4.65. The van der Waals surface area contributed by atoms with E-state index in [1.54, 1.807) is 18.2 Å². The highest BCUT2D eigenvalue weighted by atomic mass is 32.2. The van der Waals surface area contributed by atoms with Gasteiger partial charge < -0.3 is 15.4 Å². The lowest BCUT2D eigenvalue weighted by Crippen LogP contribution is -2.40. The Hall–Kier alpha value is -2.00. The molecule has 8 heteroatoms. The SMILES string of the molecule is Cc1ccc(S(=O)(=O)N2CCOCC2)cc1NC(=S)Nc1cccc(C)c1C. The summed E-state index contributed by atoms with van der Waals surface area (Å²) in [6, 6.07) is 11.0. The largest absolute Gasteiger partial charge is 0.379 e. The lowest BCUT2D eigenvalue weighted by Gasteiger charge is -2.26. The summed E-state index contributed by atoms with van der Waals surface area (Å²) in [6.07, 6.45) is 0. The predicted octanol–water partition coefficient (Wildman–Crippen LogP) is 3.44. The van der Waals surface area contributed by atoms with Crippen molar-refractivity contribution in [3.63, 3.8) is 0 Å². The van der Waals surface area contributed by atoms with Gasteiger partial charge in [-0.1, -0.05) is 18.2 Å². The predicted molar refractivity (Wildman–Crippen MR) is 117 cm³/mol. The van der Waals surface area contributed by atoms with E-state index in [0.717, 1.165) is 16.8 Å². The number of hydrogen-bond acceptors (Lipinski definition) is 4. The normalized spacial score (nSPS) is 15.2. The Morgan fingerprint density at radius 2 is 1.68 bits per heavy atom. The molecule has 0 aromatic heterocycles. The molecule has 1 fully saturated rings. The highest BCUT2D eigenvalue weighted by Gasteiger charge is 2.26. The van der Waals surface area contributed by atoms with E-state index < -0.39 is 10.0 Å². The molecule has 1 aliphatic rings. The summed E-state index contributed by atoms with van der Waals surface area (Å²) < 4.78 is 32.5. The zero-order chi connectivity index (χ0) is 20.3. The van der Waals surface area contributed by atoms with Crippen LogP contribution in [0.25, 0.3) is 0 Å². The Bertz CT molecular complexity index is 984. The molecule has 1 saturated heterocycles. The third kappa shape index (κ3) is 4.52. The number of thiocarbonyl (C=S) groups is 1. The minimum absolute atomic E-state index is 0.247. The van der Waals surface area contributed by atoms with Crippen LogP contribution in [0.5, 0.6) is 0 Å². The number of morpholine rings is 1. The third-order valence-electron chi connectivity index (χ3n) is 4.92. The molecule has 0 radical (unpaired) electrons. The van der Waals surface area contributed by atoms with Crippen LogP contribution in [-0.2, 0) is 14.8 Å². The number of aryl methyl sites for hydroxylation is 2. The quantitative estimate of drug-likeness (QED) is 0.740. The molecule has 1 heterocycles. The second-order valence-corrected chi connectivity index (χ2v) is 9.17. The Kier molecular flexibility index (Phi) is 6.34. The summed E-state index contributed by atoms with van der Waals surface area (Å²) >= 11 is 5.44. The summed E-state index contributed by atoms with van der Waals surface area (Å²) in [5, 5.41) is 6.74. The van der Waals surface area contributed by atoms with Crippen molar-refractivity contribution in [2.45, 2.75) is 25.7 Å². The number of ether oxygens (including phenoxy) is 1. The van der Waals surface area contributed by atoms with Crippen LogP contribution in [0.4, 0.5) is 11.4 Å². The van der Waals surface area contributed by atoms with Crippen molar-refractivity contribution in [3.05, 3.63) is 53.1 Å². The van der Waals surface area contributed by atoms with Crippen molar-refractivity contribution in [2.75, 3.05) is 36.9 Å². The monoisotopic (exact) mass is 419 g/mol. The summed E-state index contributed by atoms with van der Waals surface area (Å²) in [4.78, 5) is 0.247. The fraction of sp³-hybridized carbons (Fsp3) is 0.350. The van der Waals surface area contributed by atoms with Crippen LogP contribution in [0.2, 0.25) is 0 Å². The van der Waals surface area contributed by atoms with Crippen molar-refractivity contribution in [1.29, 1.82) is 0 Å². The first-order chi connectivity index (χ1) is 13.3. The minimum Gasteiger partial charge on any atom is -0.379 e. The average molecular weight is 420 g/mol. The van der Waals surface area contributed by atoms with E-state index in [1.165, 1.54) is 9.87 Å². The lowest BCUT2D eigenvalue weighted by molar-refractivity contribution is 0.0730. The summed E-state index contributed by atoms with van der Waals surface area (Å²) in [6.45, 7) is 7.55. The van der Waals surface area contributed by atoms with Gasteiger partial charge in [0.25, 0.3) is 0 Å². The van der Waals surface area contributed by atoms with E-state index in [0.29, 0.717) is 37.1 Å². The molecule has 0 unspecified atom stereocenters. The van der Waals surface area contributed by atoms with E-state index in [9.17, 15) is 8.42 Å². The molecule has 0 saturated carbocycles. The van der Waals surface area contributed by atoms with Gasteiger partial charge in [-0.25, -0.2) is 8.42 Å². The molecule has 1 aliphatic heterocycles. The molecule has 0 bridgehead atoms. The van der Waals surface area contributed by atoms with Gasteiger partial charge in [0.1, 0.15) is 0 Å².